The Hall–Kier alpha value is -2.52. The zero-order valence-corrected chi connectivity index (χ0v) is 19.0. The SMILES string of the molecule is CCOC(=O)c1ccc(NC(=O)N2CCC3(CC2)SCCN3C(=O)c2cccs2)cc1. The first kappa shape index (κ1) is 21.7. The summed E-state index contributed by atoms with van der Waals surface area (Å²) >= 11 is 3.31. The monoisotopic (exact) mass is 459 g/mol. The molecule has 0 unspecified atom stereocenters. The third-order valence-corrected chi connectivity index (χ3v) is 8.04. The third-order valence-electron chi connectivity index (χ3n) is 5.63. The number of esters is 1. The zero-order valence-electron chi connectivity index (χ0n) is 17.3. The maximum Gasteiger partial charge on any atom is 0.338 e. The van der Waals surface area contributed by atoms with E-state index < -0.39 is 0 Å². The molecule has 2 aliphatic heterocycles. The number of hydrogen-bond donors (Lipinski definition) is 1. The van der Waals surface area contributed by atoms with E-state index in [0.717, 1.165) is 30.0 Å². The molecule has 1 N–H and O–H groups in total. The molecule has 1 aromatic carbocycles. The summed E-state index contributed by atoms with van der Waals surface area (Å²) in [4.78, 5) is 41.8. The summed E-state index contributed by atoms with van der Waals surface area (Å²) in [6.07, 6.45) is 1.51. The summed E-state index contributed by atoms with van der Waals surface area (Å²) in [6.45, 7) is 4.02. The molecule has 7 nitrogen and oxygen atoms in total. The smallest absolute Gasteiger partial charge is 0.338 e. The van der Waals surface area contributed by atoms with Gasteiger partial charge in [-0.3, -0.25) is 4.79 Å². The van der Waals surface area contributed by atoms with Crippen LogP contribution in [0.2, 0.25) is 0 Å². The van der Waals surface area contributed by atoms with E-state index in [-0.39, 0.29) is 22.8 Å². The quantitative estimate of drug-likeness (QED) is 0.696. The molecular weight excluding hydrogens is 434 g/mol. The molecule has 0 atom stereocenters. The zero-order chi connectivity index (χ0) is 21.8. The Morgan fingerprint density at radius 2 is 1.84 bits per heavy atom. The predicted octanol–water partition coefficient (Wildman–Crippen LogP) is 4.14. The van der Waals surface area contributed by atoms with Crippen molar-refractivity contribution in [1.29, 1.82) is 0 Å². The second-order valence-electron chi connectivity index (χ2n) is 7.44. The highest BCUT2D eigenvalue weighted by Gasteiger charge is 2.47. The maximum atomic E-state index is 13.0. The molecule has 0 radical (unpaired) electrons. The number of carbonyl (C=O) groups is 3. The van der Waals surface area contributed by atoms with Crippen LogP contribution in [-0.4, -0.2) is 64.6 Å². The van der Waals surface area contributed by atoms with Gasteiger partial charge in [0.05, 0.1) is 21.9 Å². The van der Waals surface area contributed by atoms with Gasteiger partial charge in [0.25, 0.3) is 5.91 Å². The van der Waals surface area contributed by atoms with Gasteiger partial charge in [-0.05, 0) is 55.5 Å². The van der Waals surface area contributed by atoms with Crippen molar-refractivity contribution in [1.82, 2.24) is 9.80 Å². The highest BCUT2D eigenvalue weighted by atomic mass is 32.2. The molecule has 31 heavy (non-hydrogen) atoms. The lowest BCUT2D eigenvalue weighted by molar-refractivity contribution is 0.0525. The van der Waals surface area contributed by atoms with Crippen LogP contribution in [0, 0.1) is 0 Å². The Kier molecular flexibility index (Phi) is 6.52. The molecule has 1 aromatic heterocycles. The van der Waals surface area contributed by atoms with Crippen molar-refractivity contribution in [3.05, 3.63) is 52.2 Å². The van der Waals surface area contributed by atoms with Crippen LogP contribution in [0.5, 0.6) is 0 Å². The van der Waals surface area contributed by atoms with Crippen LogP contribution in [0.1, 0.15) is 39.8 Å². The number of likely N-dealkylation sites (tertiary alicyclic amines) is 1. The summed E-state index contributed by atoms with van der Waals surface area (Å²) in [6, 6.07) is 10.3. The fourth-order valence-electron chi connectivity index (χ4n) is 4.01. The van der Waals surface area contributed by atoms with Crippen molar-refractivity contribution in [2.45, 2.75) is 24.6 Å². The Labute approximate surface area is 189 Å². The predicted molar refractivity (Wildman–Crippen MR) is 123 cm³/mol. The number of nitrogens with one attached hydrogen (secondary N) is 1. The van der Waals surface area contributed by atoms with Crippen LogP contribution in [0.4, 0.5) is 10.5 Å². The van der Waals surface area contributed by atoms with Gasteiger partial charge in [-0.1, -0.05) is 6.07 Å². The second kappa shape index (κ2) is 9.32. The molecule has 2 fully saturated rings. The van der Waals surface area contributed by atoms with Gasteiger partial charge in [-0.15, -0.1) is 23.1 Å². The van der Waals surface area contributed by atoms with Gasteiger partial charge in [-0.2, -0.15) is 0 Å². The summed E-state index contributed by atoms with van der Waals surface area (Å²) in [7, 11) is 0. The number of nitrogens with zero attached hydrogens (tertiary/aromatic N) is 2. The summed E-state index contributed by atoms with van der Waals surface area (Å²) in [5, 5.41) is 4.82. The number of amides is 3. The molecule has 1 spiro atoms. The van der Waals surface area contributed by atoms with E-state index in [9.17, 15) is 14.4 Å². The number of hydrogen-bond acceptors (Lipinski definition) is 6. The Balaban J connectivity index is 1.34. The normalized spacial score (nSPS) is 17.6. The van der Waals surface area contributed by atoms with Gasteiger partial charge in [0.15, 0.2) is 0 Å². The number of carbonyl (C=O) groups excluding carboxylic acids is 3. The molecule has 9 heteroatoms. The maximum absolute atomic E-state index is 13.0. The van der Waals surface area contributed by atoms with Crippen LogP contribution in [-0.2, 0) is 4.74 Å². The van der Waals surface area contributed by atoms with Gasteiger partial charge >= 0.3 is 12.0 Å². The number of thioether (sulfide) groups is 1. The number of urea groups is 1. The van der Waals surface area contributed by atoms with E-state index in [1.165, 1.54) is 11.3 Å². The lowest BCUT2D eigenvalue weighted by atomic mass is 10.0. The van der Waals surface area contributed by atoms with Crippen molar-refractivity contribution >= 4 is 46.7 Å². The summed E-state index contributed by atoms with van der Waals surface area (Å²) < 4.78 is 4.98. The van der Waals surface area contributed by atoms with E-state index in [0.29, 0.717) is 30.9 Å². The third kappa shape index (κ3) is 4.57. The van der Waals surface area contributed by atoms with Crippen molar-refractivity contribution in [2.75, 3.05) is 37.3 Å². The van der Waals surface area contributed by atoms with Crippen molar-refractivity contribution < 1.29 is 19.1 Å². The number of rotatable bonds is 4. The molecule has 2 saturated heterocycles. The first-order chi connectivity index (χ1) is 15.0. The van der Waals surface area contributed by atoms with Crippen LogP contribution in [0.25, 0.3) is 0 Å². The molecule has 0 bridgehead atoms. The van der Waals surface area contributed by atoms with Gasteiger partial charge in [0.1, 0.15) is 0 Å². The van der Waals surface area contributed by atoms with Gasteiger partial charge in [-0.25, -0.2) is 9.59 Å². The van der Waals surface area contributed by atoms with E-state index in [1.807, 2.05) is 34.2 Å². The number of anilines is 1. The van der Waals surface area contributed by atoms with Crippen molar-refractivity contribution in [2.24, 2.45) is 0 Å². The van der Waals surface area contributed by atoms with E-state index in [1.54, 1.807) is 36.1 Å². The van der Waals surface area contributed by atoms with Gasteiger partial charge in [0, 0.05) is 31.1 Å². The lowest BCUT2D eigenvalue weighted by Gasteiger charge is -2.43. The van der Waals surface area contributed by atoms with Crippen molar-refractivity contribution in [3.63, 3.8) is 0 Å². The molecule has 0 aliphatic carbocycles. The average molecular weight is 460 g/mol. The molecule has 2 aliphatic rings. The minimum absolute atomic E-state index is 0.0968. The van der Waals surface area contributed by atoms with Crippen LogP contribution in [0.15, 0.2) is 41.8 Å². The molecule has 3 heterocycles. The highest BCUT2D eigenvalue weighted by Crippen LogP contribution is 2.44. The standard InChI is InChI=1S/C22H25N3O4S2/c1-2-29-20(27)16-5-7-17(8-6-16)23-21(28)24-11-9-22(10-12-24)25(13-15-31-22)19(26)18-4-3-14-30-18/h3-8,14H,2,9-13,15H2,1H3,(H,23,28). The number of ether oxygens (including phenoxy) is 1. The summed E-state index contributed by atoms with van der Waals surface area (Å²) in [5.41, 5.74) is 1.08. The van der Waals surface area contributed by atoms with E-state index in [4.69, 9.17) is 4.74 Å². The molecular formula is C22H25N3O4S2. The number of benzene rings is 1. The average Bonchev–Trinajstić information content (AvgIpc) is 3.45. The van der Waals surface area contributed by atoms with Crippen LogP contribution < -0.4 is 5.32 Å². The minimum atomic E-state index is -0.377. The lowest BCUT2D eigenvalue weighted by Crippen LogP contribution is -2.54. The van der Waals surface area contributed by atoms with Gasteiger partial charge < -0.3 is 19.9 Å². The summed E-state index contributed by atoms with van der Waals surface area (Å²) in [5.74, 6) is 0.646. The van der Waals surface area contributed by atoms with Crippen molar-refractivity contribution in [3.8, 4) is 0 Å². The molecule has 4 rings (SSSR count). The number of thiophene rings is 1. The first-order valence-corrected chi connectivity index (χ1v) is 12.2. The number of piperidine rings is 1. The van der Waals surface area contributed by atoms with Gasteiger partial charge in [0.2, 0.25) is 0 Å². The second-order valence-corrected chi connectivity index (χ2v) is 9.85. The molecule has 164 valence electrons. The fourth-order valence-corrected chi connectivity index (χ4v) is 6.14. The Bertz CT molecular complexity index is 938. The van der Waals surface area contributed by atoms with E-state index in [2.05, 4.69) is 5.32 Å². The Morgan fingerprint density at radius 1 is 1.10 bits per heavy atom. The highest BCUT2D eigenvalue weighted by molar-refractivity contribution is 8.00. The topological polar surface area (TPSA) is 79.0 Å². The molecule has 2 aromatic rings. The molecule has 3 amide bonds. The van der Waals surface area contributed by atoms with Crippen LogP contribution in [0.3, 0.4) is 0 Å². The minimum Gasteiger partial charge on any atom is -0.462 e. The largest absolute Gasteiger partial charge is 0.462 e. The Morgan fingerprint density at radius 3 is 2.48 bits per heavy atom. The molecule has 0 saturated carbocycles. The fraction of sp³-hybridized carbons (Fsp3) is 0.409. The first-order valence-electron chi connectivity index (χ1n) is 10.3. The van der Waals surface area contributed by atoms with E-state index >= 15 is 0 Å². The van der Waals surface area contributed by atoms with Crippen LogP contribution >= 0.6 is 23.1 Å².